The van der Waals surface area contributed by atoms with Crippen molar-refractivity contribution in [2.24, 2.45) is 4.99 Å². The Kier molecular flexibility index (Phi) is 5.29. The van der Waals surface area contributed by atoms with E-state index in [4.69, 9.17) is 9.47 Å². The zero-order valence-electron chi connectivity index (χ0n) is 14.5. The number of esters is 1. The van der Waals surface area contributed by atoms with Gasteiger partial charge < -0.3 is 9.47 Å². The smallest absolute Gasteiger partial charge is 0.363 e. The van der Waals surface area contributed by atoms with Crippen LogP contribution in [0.3, 0.4) is 0 Å². The number of benzene rings is 2. The lowest BCUT2D eigenvalue weighted by Gasteiger charge is -2.03. The van der Waals surface area contributed by atoms with Crippen molar-refractivity contribution in [3.05, 3.63) is 70.9 Å². The van der Waals surface area contributed by atoms with E-state index < -0.39 is 5.97 Å². The number of aryl methyl sites for hydroxylation is 2. The molecule has 1 heterocycles. The number of nitrogens with zero attached hydrogens (tertiary/aromatic N) is 1. The second kappa shape index (κ2) is 7.79. The van der Waals surface area contributed by atoms with Gasteiger partial charge in [-0.25, -0.2) is 9.79 Å². The van der Waals surface area contributed by atoms with Crippen LogP contribution in [-0.4, -0.2) is 18.5 Å². The van der Waals surface area contributed by atoms with Gasteiger partial charge in [-0.05, 0) is 49.6 Å². The highest BCUT2D eigenvalue weighted by Crippen LogP contribution is 2.20. The molecule has 0 amide bonds. The Morgan fingerprint density at radius 1 is 1.12 bits per heavy atom. The zero-order chi connectivity index (χ0) is 17.6. The highest BCUT2D eigenvalue weighted by molar-refractivity contribution is 6.07. The summed E-state index contributed by atoms with van der Waals surface area (Å²) in [6.45, 7) is 4.59. The lowest BCUT2D eigenvalue weighted by molar-refractivity contribution is -0.130. The lowest BCUT2D eigenvalue weighted by atomic mass is 10.1. The fraction of sp³-hybridized carbons (Fsp3) is 0.238. The van der Waals surface area contributed by atoms with Crippen LogP contribution in [0.1, 0.15) is 30.0 Å². The van der Waals surface area contributed by atoms with E-state index in [0.717, 1.165) is 17.7 Å². The minimum Gasteiger partial charge on any atom is -0.494 e. The van der Waals surface area contributed by atoms with Gasteiger partial charge in [0.2, 0.25) is 0 Å². The zero-order valence-corrected chi connectivity index (χ0v) is 14.5. The maximum atomic E-state index is 12.0. The number of aliphatic imine (C=N–C) groups is 1. The van der Waals surface area contributed by atoms with E-state index in [1.54, 1.807) is 6.08 Å². The molecule has 0 saturated heterocycles. The number of carbonyl (C=O) groups is 1. The Bertz CT molecular complexity index is 819. The van der Waals surface area contributed by atoms with Gasteiger partial charge in [0.05, 0.1) is 6.61 Å². The van der Waals surface area contributed by atoms with E-state index in [-0.39, 0.29) is 0 Å². The number of cyclic esters (lactones) is 1. The van der Waals surface area contributed by atoms with Gasteiger partial charge in [0.25, 0.3) is 0 Å². The SMILES string of the molecule is CCOc1cccc(/C=C2/N=C(CCc3ccc(C)cc3)OC2=O)c1. The molecule has 0 spiro atoms. The Balaban J connectivity index is 1.69. The largest absolute Gasteiger partial charge is 0.494 e. The molecule has 1 aliphatic rings. The first-order valence-corrected chi connectivity index (χ1v) is 8.44. The van der Waals surface area contributed by atoms with Crippen LogP contribution >= 0.6 is 0 Å². The average molecular weight is 335 g/mol. The summed E-state index contributed by atoms with van der Waals surface area (Å²) < 4.78 is 10.8. The van der Waals surface area contributed by atoms with Crippen molar-refractivity contribution < 1.29 is 14.3 Å². The molecule has 0 N–H and O–H groups in total. The highest BCUT2D eigenvalue weighted by atomic mass is 16.6. The number of hydrogen-bond donors (Lipinski definition) is 0. The fourth-order valence-corrected chi connectivity index (χ4v) is 2.58. The molecule has 0 unspecified atom stereocenters. The molecular formula is C21H21NO3. The summed E-state index contributed by atoms with van der Waals surface area (Å²) in [4.78, 5) is 16.4. The molecule has 0 atom stereocenters. The minimum absolute atomic E-state index is 0.326. The summed E-state index contributed by atoms with van der Waals surface area (Å²) in [6.07, 6.45) is 3.12. The summed E-state index contributed by atoms with van der Waals surface area (Å²) in [5.74, 6) is 0.838. The van der Waals surface area contributed by atoms with Gasteiger partial charge in [-0.3, -0.25) is 0 Å². The van der Waals surface area contributed by atoms with Crippen molar-refractivity contribution in [1.29, 1.82) is 0 Å². The standard InChI is InChI=1S/C21H21NO3/c1-3-24-18-6-4-5-17(13-18)14-19-21(23)25-20(22-19)12-11-16-9-7-15(2)8-10-16/h4-10,13-14H,3,11-12H2,1-2H3/b19-14+. The van der Waals surface area contributed by atoms with Crippen LogP contribution in [-0.2, 0) is 16.0 Å². The summed E-state index contributed by atoms with van der Waals surface area (Å²) in [6, 6.07) is 15.9. The van der Waals surface area contributed by atoms with Gasteiger partial charge in [-0.1, -0.05) is 42.0 Å². The lowest BCUT2D eigenvalue weighted by Crippen LogP contribution is -2.05. The van der Waals surface area contributed by atoms with E-state index in [2.05, 4.69) is 36.2 Å². The Labute approximate surface area is 147 Å². The van der Waals surface area contributed by atoms with Gasteiger partial charge in [0, 0.05) is 6.42 Å². The molecule has 128 valence electrons. The van der Waals surface area contributed by atoms with Crippen LogP contribution in [0, 0.1) is 6.92 Å². The highest BCUT2D eigenvalue weighted by Gasteiger charge is 2.22. The summed E-state index contributed by atoms with van der Waals surface area (Å²) >= 11 is 0. The molecule has 4 heteroatoms. The number of hydrogen-bond acceptors (Lipinski definition) is 4. The molecule has 0 aromatic heterocycles. The van der Waals surface area contributed by atoms with Crippen molar-refractivity contribution in [2.45, 2.75) is 26.7 Å². The summed E-state index contributed by atoms with van der Waals surface area (Å²) in [5.41, 5.74) is 3.62. The second-order valence-corrected chi connectivity index (χ2v) is 5.92. The predicted molar refractivity (Wildman–Crippen MR) is 98.6 cm³/mol. The van der Waals surface area contributed by atoms with Gasteiger partial charge in [0.15, 0.2) is 11.6 Å². The first kappa shape index (κ1) is 17.0. The molecule has 0 fully saturated rings. The van der Waals surface area contributed by atoms with Gasteiger partial charge in [-0.2, -0.15) is 0 Å². The Morgan fingerprint density at radius 3 is 2.68 bits per heavy atom. The maximum Gasteiger partial charge on any atom is 0.363 e. The summed E-state index contributed by atoms with van der Waals surface area (Å²) in [7, 11) is 0. The number of carbonyl (C=O) groups excluding carboxylic acids is 1. The van der Waals surface area contributed by atoms with E-state index in [0.29, 0.717) is 24.6 Å². The molecule has 0 radical (unpaired) electrons. The summed E-state index contributed by atoms with van der Waals surface area (Å²) in [5, 5.41) is 0. The third-order valence-corrected chi connectivity index (χ3v) is 3.89. The maximum absolute atomic E-state index is 12.0. The third-order valence-electron chi connectivity index (χ3n) is 3.89. The third kappa shape index (κ3) is 4.57. The molecule has 0 bridgehead atoms. The van der Waals surface area contributed by atoms with Crippen molar-refractivity contribution in [1.82, 2.24) is 0 Å². The number of rotatable bonds is 6. The van der Waals surface area contributed by atoms with E-state index >= 15 is 0 Å². The van der Waals surface area contributed by atoms with Gasteiger partial charge >= 0.3 is 5.97 Å². The molecular weight excluding hydrogens is 314 g/mol. The molecule has 1 aliphatic heterocycles. The molecule has 0 saturated carbocycles. The van der Waals surface area contributed by atoms with Crippen molar-refractivity contribution in [3.8, 4) is 5.75 Å². The molecule has 2 aromatic carbocycles. The first-order chi connectivity index (χ1) is 12.1. The molecule has 25 heavy (non-hydrogen) atoms. The normalized spacial score (nSPS) is 15.2. The van der Waals surface area contributed by atoms with Crippen LogP contribution in [0.15, 0.2) is 59.2 Å². The predicted octanol–water partition coefficient (Wildman–Crippen LogP) is 4.32. The topological polar surface area (TPSA) is 47.9 Å². The van der Waals surface area contributed by atoms with Crippen LogP contribution in [0.25, 0.3) is 6.08 Å². The second-order valence-electron chi connectivity index (χ2n) is 5.92. The molecule has 0 aliphatic carbocycles. The van der Waals surface area contributed by atoms with Gasteiger partial charge in [-0.15, -0.1) is 0 Å². The van der Waals surface area contributed by atoms with Gasteiger partial charge in [0.1, 0.15) is 5.75 Å². The first-order valence-electron chi connectivity index (χ1n) is 8.44. The van der Waals surface area contributed by atoms with E-state index in [9.17, 15) is 4.79 Å². The van der Waals surface area contributed by atoms with Crippen LogP contribution in [0.4, 0.5) is 0 Å². The Morgan fingerprint density at radius 2 is 1.92 bits per heavy atom. The van der Waals surface area contributed by atoms with Crippen LogP contribution in [0.2, 0.25) is 0 Å². The van der Waals surface area contributed by atoms with E-state index in [1.807, 2.05) is 31.2 Å². The fourth-order valence-electron chi connectivity index (χ4n) is 2.58. The monoisotopic (exact) mass is 335 g/mol. The quantitative estimate of drug-likeness (QED) is 0.583. The number of ether oxygens (including phenoxy) is 2. The average Bonchev–Trinajstić information content (AvgIpc) is 2.95. The van der Waals surface area contributed by atoms with Crippen molar-refractivity contribution in [3.63, 3.8) is 0 Å². The molecule has 4 nitrogen and oxygen atoms in total. The van der Waals surface area contributed by atoms with Crippen molar-refractivity contribution in [2.75, 3.05) is 6.61 Å². The Hall–Kier alpha value is -2.88. The molecule has 2 aromatic rings. The van der Waals surface area contributed by atoms with Crippen LogP contribution < -0.4 is 4.74 Å². The molecule has 3 rings (SSSR count). The van der Waals surface area contributed by atoms with E-state index in [1.165, 1.54) is 11.1 Å². The minimum atomic E-state index is -0.402. The van der Waals surface area contributed by atoms with Crippen LogP contribution in [0.5, 0.6) is 5.75 Å². The van der Waals surface area contributed by atoms with Crippen molar-refractivity contribution >= 4 is 17.9 Å².